The number of furan rings is 1. The minimum atomic E-state index is -0.734. The van der Waals surface area contributed by atoms with Crippen molar-refractivity contribution in [1.29, 1.82) is 0 Å². The highest BCUT2D eigenvalue weighted by Gasteiger charge is 2.15. The standard InChI is InChI=1S/C20H15N3O5/c24-16(22-13-6-2-1-3-7-13)11-27-17(25)10-23-12-21-18-14-8-4-5-9-15(14)28-19(18)20(23)26/h1-9,12H,10-11H2,(H,22,24). The van der Waals surface area contributed by atoms with Crippen LogP contribution in [0.1, 0.15) is 0 Å². The van der Waals surface area contributed by atoms with Crippen molar-refractivity contribution >= 4 is 39.6 Å². The maximum atomic E-state index is 12.6. The molecule has 0 radical (unpaired) electrons. The quantitative estimate of drug-likeness (QED) is 0.536. The van der Waals surface area contributed by atoms with E-state index in [1.165, 1.54) is 6.33 Å². The van der Waals surface area contributed by atoms with E-state index in [9.17, 15) is 14.4 Å². The van der Waals surface area contributed by atoms with Crippen molar-refractivity contribution in [2.24, 2.45) is 0 Å². The number of nitrogens with zero attached hydrogens (tertiary/aromatic N) is 2. The molecule has 0 atom stereocenters. The van der Waals surface area contributed by atoms with E-state index in [-0.39, 0.29) is 12.1 Å². The van der Waals surface area contributed by atoms with E-state index in [1.54, 1.807) is 42.5 Å². The van der Waals surface area contributed by atoms with Crippen LogP contribution in [0.5, 0.6) is 0 Å². The zero-order valence-corrected chi connectivity index (χ0v) is 14.6. The number of amides is 1. The summed E-state index contributed by atoms with van der Waals surface area (Å²) >= 11 is 0. The number of hydrogen-bond donors (Lipinski definition) is 1. The van der Waals surface area contributed by atoms with E-state index in [0.29, 0.717) is 16.8 Å². The Kier molecular flexibility index (Phi) is 4.59. The Morgan fingerprint density at radius 3 is 2.64 bits per heavy atom. The van der Waals surface area contributed by atoms with Gasteiger partial charge in [0.05, 0.1) is 6.33 Å². The van der Waals surface area contributed by atoms with Gasteiger partial charge in [-0.25, -0.2) is 4.98 Å². The molecule has 4 aromatic rings. The molecule has 8 heteroatoms. The normalized spacial score (nSPS) is 10.9. The summed E-state index contributed by atoms with van der Waals surface area (Å²) < 4.78 is 11.6. The average Bonchev–Trinajstić information content (AvgIpc) is 3.09. The second-order valence-corrected chi connectivity index (χ2v) is 6.03. The lowest BCUT2D eigenvalue weighted by Gasteiger charge is -2.07. The number of aromatic nitrogens is 2. The lowest BCUT2D eigenvalue weighted by molar-refractivity contribution is -0.147. The molecule has 140 valence electrons. The second kappa shape index (κ2) is 7.36. The van der Waals surface area contributed by atoms with E-state index in [4.69, 9.17) is 9.15 Å². The zero-order chi connectivity index (χ0) is 19.5. The third-order valence-corrected chi connectivity index (χ3v) is 4.07. The summed E-state index contributed by atoms with van der Waals surface area (Å²) in [6.45, 7) is -0.833. The number of rotatable bonds is 5. The Balaban J connectivity index is 1.43. The minimum Gasteiger partial charge on any atom is -0.454 e. The average molecular weight is 377 g/mol. The van der Waals surface area contributed by atoms with Gasteiger partial charge in [0.25, 0.3) is 11.5 Å². The van der Waals surface area contributed by atoms with Gasteiger partial charge in [0.15, 0.2) is 6.61 Å². The molecular weight excluding hydrogens is 362 g/mol. The summed E-state index contributed by atoms with van der Waals surface area (Å²) in [6, 6.07) is 16.0. The van der Waals surface area contributed by atoms with Crippen molar-refractivity contribution in [3.8, 4) is 0 Å². The summed E-state index contributed by atoms with van der Waals surface area (Å²) in [4.78, 5) is 40.6. The van der Waals surface area contributed by atoms with Gasteiger partial charge in [-0.3, -0.25) is 19.0 Å². The van der Waals surface area contributed by atoms with Crippen molar-refractivity contribution in [3.63, 3.8) is 0 Å². The van der Waals surface area contributed by atoms with Crippen molar-refractivity contribution in [1.82, 2.24) is 9.55 Å². The van der Waals surface area contributed by atoms with Crippen LogP contribution in [0.4, 0.5) is 5.69 Å². The first-order chi connectivity index (χ1) is 13.6. The van der Waals surface area contributed by atoms with Gasteiger partial charge in [0, 0.05) is 11.1 Å². The van der Waals surface area contributed by atoms with Gasteiger partial charge in [0.2, 0.25) is 5.58 Å². The third-order valence-electron chi connectivity index (χ3n) is 4.07. The van der Waals surface area contributed by atoms with Crippen molar-refractivity contribution < 1.29 is 18.7 Å². The number of hydrogen-bond acceptors (Lipinski definition) is 6. The highest BCUT2D eigenvalue weighted by molar-refractivity contribution is 6.01. The Hall–Kier alpha value is -3.94. The molecule has 1 amide bonds. The molecule has 28 heavy (non-hydrogen) atoms. The Bertz CT molecular complexity index is 1230. The number of esters is 1. The number of carbonyl (C=O) groups excluding carboxylic acids is 2. The van der Waals surface area contributed by atoms with Crippen LogP contribution in [0.3, 0.4) is 0 Å². The third kappa shape index (κ3) is 3.48. The number of nitrogens with one attached hydrogen (secondary N) is 1. The monoisotopic (exact) mass is 377 g/mol. The SMILES string of the molecule is O=C(COC(=O)Cn1cnc2c(oc3ccccc32)c1=O)Nc1ccccc1. The molecule has 0 aliphatic heterocycles. The molecule has 4 rings (SSSR count). The number of ether oxygens (including phenoxy) is 1. The summed E-state index contributed by atoms with van der Waals surface area (Å²) in [5.74, 6) is -1.21. The van der Waals surface area contributed by atoms with Crippen LogP contribution in [0, 0.1) is 0 Å². The molecule has 0 spiro atoms. The lowest BCUT2D eigenvalue weighted by atomic mass is 10.2. The first-order valence-corrected chi connectivity index (χ1v) is 8.49. The molecule has 0 fully saturated rings. The van der Waals surface area contributed by atoms with Gasteiger partial charge in [-0.05, 0) is 24.3 Å². The van der Waals surface area contributed by atoms with E-state index in [0.717, 1.165) is 9.95 Å². The lowest BCUT2D eigenvalue weighted by Crippen LogP contribution is -2.27. The van der Waals surface area contributed by atoms with Crippen molar-refractivity contribution in [2.45, 2.75) is 6.54 Å². The largest absolute Gasteiger partial charge is 0.454 e. The van der Waals surface area contributed by atoms with Crippen LogP contribution in [0.15, 0.2) is 70.1 Å². The van der Waals surface area contributed by atoms with Crippen LogP contribution >= 0.6 is 0 Å². The highest BCUT2D eigenvalue weighted by Crippen LogP contribution is 2.23. The first-order valence-electron chi connectivity index (χ1n) is 8.49. The molecule has 0 saturated carbocycles. The fourth-order valence-electron chi connectivity index (χ4n) is 2.78. The summed E-state index contributed by atoms with van der Waals surface area (Å²) in [6.07, 6.45) is 1.26. The smallest absolute Gasteiger partial charge is 0.326 e. The molecule has 0 aliphatic carbocycles. The highest BCUT2D eigenvalue weighted by atomic mass is 16.5. The molecule has 0 saturated heterocycles. The number of anilines is 1. The van der Waals surface area contributed by atoms with Gasteiger partial charge in [-0.2, -0.15) is 0 Å². The number of fused-ring (bicyclic) bond motifs is 3. The zero-order valence-electron chi connectivity index (χ0n) is 14.6. The maximum Gasteiger partial charge on any atom is 0.326 e. The second-order valence-electron chi connectivity index (χ2n) is 6.03. The Morgan fingerprint density at radius 2 is 1.82 bits per heavy atom. The van der Waals surface area contributed by atoms with E-state index >= 15 is 0 Å². The van der Waals surface area contributed by atoms with Gasteiger partial charge < -0.3 is 14.5 Å². The van der Waals surface area contributed by atoms with E-state index < -0.39 is 24.0 Å². The van der Waals surface area contributed by atoms with Gasteiger partial charge >= 0.3 is 5.97 Å². The van der Waals surface area contributed by atoms with Crippen LogP contribution in [0.2, 0.25) is 0 Å². The first kappa shape index (κ1) is 17.5. The molecule has 2 aromatic heterocycles. The van der Waals surface area contributed by atoms with Crippen LogP contribution < -0.4 is 10.9 Å². The van der Waals surface area contributed by atoms with Crippen LogP contribution in [0.25, 0.3) is 22.1 Å². The molecule has 2 heterocycles. The van der Waals surface area contributed by atoms with Crippen LogP contribution in [-0.4, -0.2) is 28.0 Å². The molecule has 1 N–H and O–H groups in total. The van der Waals surface area contributed by atoms with Crippen molar-refractivity contribution in [2.75, 3.05) is 11.9 Å². The van der Waals surface area contributed by atoms with Gasteiger partial charge in [-0.1, -0.05) is 30.3 Å². The molecule has 0 aliphatic rings. The van der Waals surface area contributed by atoms with Crippen molar-refractivity contribution in [3.05, 3.63) is 71.3 Å². The summed E-state index contributed by atoms with van der Waals surface area (Å²) in [5.41, 5.74) is 1.15. The summed E-state index contributed by atoms with van der Waals surface area (Å²) in [7, 11) is 0. The molecule has 2 aromatic carbocycles. The molecule has 8 nitrogen and oxygen atoms in total. The maximum absolute atomic E-state index is 12.6. The van der Waals surface area contributed by atoms with Gasteiger partial charge in [-0.15, -0.1) is 0 Å². The van der Waals surface area contributed by atoms with Gasteiger partial charge in [0.1, 0.15) is 17.6 Å². The predicted octanol–water partition coefficient (Wildman–Crippen LogP) is 2.32. The molecule has 0 bridgehead atoms. The molecular formula is C20H15N3O5. The Morgan fingerprint density at radius 1 is 1.07 bits per heavy atom. The number of para-hydroxylation sites is 2. The Labute approximate surface area is 158 Å². The minimum absolute atomic E-state index is 0.0679. The number of benzene rings is 2. The predicted molar refractivity (Wildman–Crippen MR) is 102 cm³/mol. The fourth-order valence-corrected chi connectivity index (χ4v) is 2.78. The van der Waals surface area contributed by atoms with Crippen LogP contribution in [-0.2, 0) is 20.9 Å². The topological polar surface area (TPSA) is 103 Å². The summed E-state index contributed by atoms with van der Waals surface area (Å²) in [5, 5.41) is 3.32. The number of carbonyl (C=O) groups is 2. The molecule has 0 unspecified atom stereocenters. The van der Waals surface area contributed by atoms with E-state index in [1.807, 2.05) is 12.1 Å². The fraction of sp³-hybridized carbons (Fsp3) is 0.100. The van der Waals surface area contributed by atoms with E-state index in [2.05, 4.69) is 10.3 Å².